The lowest BCUT2D eigenvalue weighted by molar-refractivity contribution is -0.147. The summed E-state index contributed by atoms with van der Waals surface area (Å²) in [6.45, 7) is -0.440. The van der Waals surface area contributed by atoms with Crippen LogP contribution in [0.2, 0.25) is 0 Å². The second kappa shape index (κ2) is 4.73. The molecule has 1 aliphatic heterocycles. The normalized spacial score (nSPS) is 37.1. The SMILES string of the molecule is COC1O[C@H](CO)[C@H](O)[C@H]1OS(C)(=O)=O. The van der Waals surface area contributed by atoms with E-state index in [2.05, 4.69) is 4.18 Å². The molecule has 0 spiro atoms. The molecule has 90 valence electrons. The van der Waals surface area contributed by atoms with Gasteiger partial charge in [0.05, 0.1) is 12.9 Å². The molecular weight excluding hydrogens is 228 g/mol. The molecule has 0 aromatic carbocycles. The number of aliphatic hydroxyl groups excluding tert-OH is 2. The Labute approximate surface area is 87.7 Å². The Balaban J connectivity index is 2.76. The van der Waals surface area contributed by atoms with Crippen LogP contribution in [0.15, 0.2) is 0 Å². The average Bonchev–Trinajstić information content (AvgIpc) is 2.42. The highest BCUT2D eigenvalue weighted by atomic mass is 32.2. The molecule has 0 saturated carbocycles. The predicted molar refractivity (Wildman–Crippen MR) is 48.5 cm³/mol. The monoisotopic (exact) mass is 242 g/mol. The summed E-state index contributed by atoms with van der Waals surface area (Å²) in [6, 6.07) is 0. The van der Waals surface area contributed by atoms with Gasteiger partial charge in [-0.05, 0) is 0 Å². The van der Waals surface area contributed by atoms with Gasteiger partial charge < -0.3 is 19.7 Å². The minimum atomic E-state index is -3.72. The molecule has 2 N–H and O–H groups in total. The van der Waals surface area contributed by atoms with E-state index in [9.17, 15) is 13.5 Å². The number of hydrogen-bond donors (Lipinski definition) is 2. The highest BCUT2D eigenvalue weighted by Gasteiger charge is 2.46. The van der Waals surface area contributed by atoms with Crippen molar-refractivity contribution in [3.05, 3.63) is 0 Å². The third kappa shape index (κ3) is 3.10. The van der Waals surface area contributed by atoms with E-state index in [0.717, 1.165) is 6.26 Å². The van der Waals surface area contributed by atoms with Gasteiger partial charge in [0.25, 0.3) is 10.1 Å². The minimum absolute atomic E-state index is 0.440. The Morgan fingerprint density at radius 2 is 2.07 bits per heavy atom. The summed E-state index contributed by atoms with van der Waals surface area (Å²) in [5.41, 5.74) is 0. The lowest BCUT2D eigenvalue weighted by Crippen LogP contribution is -2.38. The molecule has 0 aromatic heterocycles. The van der Waals surface area contributed by atoms with Crippen molar-refractivity contribution >= 4 is 10.1 Å². The summed E-state index contributed by atoms with van der Waals surface area (Å²) in [7, 11) is -2.43. The zero-order chi connectivity index (χ0) is 11.6. The molecule has 0 amide bonds. The number of ether oxygens (including phenoxy) is 2. The zero-order valence-electron chi connectivity index (χ0n) is 8.36. The Hall–Kier alpha value is -0.250. The smallest absolute Gasteiger partial charge is 0.264 e. The van der Waals surface area contributed by atoms with Gasteiger partial charge in [-0.1, -0.05) is 0 Å². The van der Waals surface area contributed by atoms with Crippen molar-refractivity contribution in [3.8, 4) is 0 Å². The Morgan fingerprint density at radius 3 is 2.47 bits per heavy atom. The fraction of sp³-hybridized carbons (Fsp3) is 1.00. The summed E-state index contributed by atoms with van der Waals surface area (Å²) < 4.78 is 36.2. The summed E-state index contributed by atoms with van der Waals surface area (Å²) in [5, 5.41) is 18.4. The van der Waals surface area contributed by atoms with Crippen LogP contribution in [0.5, 0.6) is 0 Å². The van der Waals surface area contributed by atoms with Crippen LogP contribution in [0.1, 0.15) is 0 Å². The average molecular weight is 242 g/mol. The van der Waals surface area contributed by atoms with Gasteiger partial charge in [0, 0.05) is 7.11 Å². The maximum absolute atomic E-state index is 10.9. The van der Waals surface area contributed by atoms with Crippen LogP contribution in [0, 0.1) is 0 Å². The molecule has 7 nitrogen and oxygen atoms in total. The van der Waals surface area contributed by atoms with E-state index in [1.54, 1.807) is 0 Å². The molecule has 0 radical (unpaired) electrons. The van der Waals surface area contributed by atoms with Crippen molar-refractivity contribution in [1.29, 1.82) is 0 Å². The third-order valence-corrected chi connectivity index (χ3v) is 2.56. The third-order valence-electron chi connectivity index (χ3n) is 1.99. The molecule has 4 atom stereocenters. The van der Waals surface area contributed by atoms with Crippen molar-refractivity contribution in [2.24, 2.45) is 0 Å². The molecule has 8 heteroatoms. The van der Waals surface area contributed by atoms with E-state index >= 15 is 0 Å². The standard InChI is InChI=1S/C7H14O7S/c1-12-7-6(14-15(2,10)11)5(9)4(3-8)13-7/h4-9H,3H2,1-2H3/t4-,5+,6-,7?/m1/s1. The number of aliphatic hydroxyl groups is 2. The molecule has 0 bridgehead atoms. The molecule has 0 aromatic rings. The first-order chi connectivity index (χ1) is 6.89. The fourth-order valence-corrected chi connectivity index (χ4v) is 1.96. The van der Waals surface area contributed by atoms with Crippen molar-refractivity contribution in [3.63, 3.8) is 0 Å². The van der Waals surface area contributed by atoms with Crippen LogP contribution in [0.4, 0.5) is 0 Å². The second-order valence-corrected chi connectivity index (χ2v) is 4.82. The number of rotatable bonds is 4. The van der Waals surface area contributed by atoms with Gasteiger partial charge in [0.1, 0.15) is 12.2 Å². The minimum Gasteiger partial charge on any atom is -0.394 e. The first kappa shape index (κ1) is 12.8. The van der Waals surface area contributed by atoms with Crippen LogP contribution < -0.4 is 0 Å². The molecule has 0 aliphatic carbocycles. The molecule has 1 fully saturated rings. The summed E-state index contributed by atoms with van der Waals surface area (Å²) in [4.78, 5) is 0. The molecule has 15 heavy (non-hydrogen) atoms. The summed E-state index contributed by atoms with van der Waals surface area (Å²) in [5.74, 6) is 0. The molecule has 1 heterocycles. The van der Waals surface area contributed by atoms with Gasteiger partial charge in [-0.2, -0.15) is 8.42 Å². The molecular formula is C7H14O7S. The van der Waals surface area contributed by atoms with E-state index < -0.39 is 41.3 Å². The summed E-state index contributed by atoms with van der Waals surface area (Å²) in [6.07, 6.45) is -3.44. The molecule has 1 aliphatic rings. The van der Waals surface area contributed by atoms with E-state index in [1.807, 2.05) is 0 Å². The Morgan fingerprint density at radius 1 is 1.47 bits per heavy atom. The summed E-state index contributed by atoms with van der Waals surface area (Å²) >= 11 is 0. The molecule has 1 rings (SSSR count). The van der Waals surface area contributed by atoms with Crippen LogP contribution in [-0.2, 0) is 23.8 Å². The topological polar surface area (TPSA) is 102 Å². The van der Waals surface area contributed by atoms with Gasteiger partial charge in [0.15, 0.2) is 12.4 Å². The lowest BCUT2D eigenvalue weighted by Gasteiger charge is -2.17. The predicted octanol–water partition coefficient (Wildman–Crippen LogP) is -1.94. The number of hydrogen-bond acceptors (Lipinski definition) is 7. The maximum atomic E-state index is 10.9. The highest BCUT2D eigenvalue weighted by Crippen LogP contribution is 2.25. The first-order valence-electron chi connectivity index (χ1n) is 4.24. The van der Waals surface area contributed by atoms with Crippen LogP contribution in [0.3, 0.4) is 0 Å². The zero-order valence-corrected chi connectivity index (χ0v) is 9.18. The van der Waals surface area contributed by atoms with E-state index in [4.69, 9.17) is 14.6 Å². The highest BCUT2D eigenvalue weighted by molar-refractivity contribution is 7.86. The lowest BCUT2D eigenvalue weighted by atomic mass is 10.1. The van der Waals surface area contributed by atoms with Crippen molar-refractivity contribution < 1.29 is 32.3 Å². The fourth-order valence-electron chi connectivity index (χ4n) is 1.35. The largest absolute Gasteiger partial charge is 0.394 e. The van der Waals surface area contributed by atoms with Crippen molar-refractivity contribution in [2.45, 2.75) is 24.6 Å². The van der Waals surface area contributed by atoms with E-state index in [0.29, 0.717) is 0 Å². The molecule has 1 saturated heterocycles. The van der Waals surface area contributed by atoms with Gasteiger partial charge in [-0.25, -0.2) is 0 Å². The Kier molecular flexibility index (Phi) is 4.04. The van der Waals surface area contributed by atoms with Crippen molar-refractivity contribution in [2.75, 3.05) is 20.0 Å². The molecule has 1 unspecified atom stereocenters. The van der Waals surface area contributed by atoms with Gasteiger partial charge in [-0.15, -0.1) is 0 Å². The quantitative estimate of drug-likeness (QED) is 0.553. The van der Waals surface area contributed by atoms with Gasteiger partial charge in [0.2, 0.25) is 0 Å². The van der Waals surface area contributed by atoms with E-state index in [1.165, 1.54) is 7.11 Å². The second-order valence-electron chi connectivity index (χ2n) is 3.22. The van der Waals surface area contributed by atoms with Crippen LogP contribution in [-0.4, -0.2) is 63.2 Å². The van der Waals surface area contributed by atoms with Crippen LogP contribution >= 0.6 is 0 Å². The van der Waals surface area contributed by atoms with E-state index in [-0.39, 0.29) is 0 Å². The number of methoxy groups -OCH3 is 1. The van der Waals surface area contributed by atoms with Gasteiger partial charge in [-0.3, -0.25) is 4.18 Å². The Bertz CT molecular complexity index is 298. The first-order valence-corrected chi connectivity index (χ1v) is 6.06. The van der Waals surface area contributed by atoms with Gasteiger partial charge >= 0.3 is 0 Å². The van der Waals surface area contributed by atoms with Crippen LogP contribution in [0.25, 0.3) is 0 Å². The van der Waals surface area contributed by atoms with Crippen molar-refractivity contribution in [1.82, 2.24) is 0 Å². The maximum Gasteiger partial charge on any atom is 0.264 e.